The quantitative estimate of drug-likeness (QED) is 0.370. The number of carbonyl (C=O) groups excluding carboxylic acids is 1. The Morgan fingerprint density at radius 3 is 2.64 bits per heavy atom. The van der Waals surface area contributed by atoms with Crippen LogP contribution >= 0.6 is 0 Å². The van der Waals surface area contributed by atoms with Gasteiger partial charge < -0.3 is 24.4 Å². The lowest BCUT2D eigenvalue weighted by Crippen LogP contribution is -2.55. The Bertz CT molecular complexity index is 1270. The molecule has 5 fully saturated rings. The lowest BCUT2D eigenvalue weighted by Gasteiger charge is -2.61. The summed E-state index contributed by atoms with van der Waals surface area (Å²) in [5, 5.41) is 20.1. The van der Waals surface area contributed by atoms with Crippen molar-refractivity contribution < 1.29 is 29.2 Å². The summed E-state index contributed by atoms with van der Waals surface area (Å²) in [5.74, 6) is 3.50. The predicted molar refractivity (Wildman–Crippen MR) is 161 cm³/mol. The Balaban J connectivity index is 1.16. The summed E-state index contributed by atoms with van der Waals surface area (Å²) >= 11 is 0. The van der Waals surface area contributed by atoms with E-state index in [0.29, 0.717) is 29.6 Å². The SMILES string of the molecule is CC(=O)O[C@H]1CC[C@@]2(C)[C@@H](CC[C@@H]3[C@@H]2CC[C@]2(C)[C@@H]4[C@H](C[C@@H]32)O[C@]2(Oc3ccc(O)cc3C=C2C[C@H](C)CO)[C@H]4C)C1. The summed E-state index contributed by atoms with van der Waals surface area (Å²) in [4.78, 5) is 11.7. The van der Waals surface area contributed by atoms with E-state index in [-0.39, 0.29) is 47.8 Å². The van der Waals surface area contributed by atoms with Crippen molar-refractivity contribution in [3.8, 4) is 11.5 Å². The molecule has 6 aliphatic rings. The maximum Gasteiger partial charge on any atom is 0.302 e. The molecule has 1 aromatic rings. The van der Waals surface area contributed by atoms with E-state index < -0.39 is 5.79 Å². The van der Waals surface area contributed by atoms with Gasteiger partial charge in [0, 0.05) is 36.5 Å². The third-order valence-electron chi connectivity index (χ3n) is 13.4. The minimum atomic E-state index is -0.827. The fourth-order valence-electron chi connectivity index (χ4n) is 11.6. The highest BCUT2D eigenvalue weighted by molar-refractivity contribution is 5.66. The number of phenolic OH excluding ortho intramolecular Hbond substituents is 1. The Labute approximate surface area is 251 Å². The third-order valence-corrected chi connectivity index (χ3v) is 13.4. The fraction of sp³-hybridized carbons (Fsp3) is 0.750. The lowest BCUT2D eigenvalue weighted by molar-refractivity contribution is -0.178. The highest BCUT2D eigenvalue weighted by Gasteiger charge is 2.70. The Hall–Kier alpha value is -2.05. The number of ether oxygens (including phenoxy) is 3. The number of esters is 1. The van der Waals surface area contributed by atoms with Gasteiger partial charge in [-0.25, -0.2) is 0 Å². The molecule has 0 aromatic heterocycles. The number of rotatable bonds is 4. The van der Waals surface area contributed by atoms with Crippen molar-refractivity contribution in [1.29, 1.82) is 0 Å². The largest absolute Gasteiger partial charge is 0.508 e. The topological polar surface area (TPSA) is 85.2 Å². The number of benzene rings is 1. The van der Waals surface area contributed by atoms with Gasteiger partial charge in [0.1, 0.15) is 17.6 Å². The molecule has 2 aliphatic heterocycles. The first-order chi connectivity index (χ1) is 20.0. The van der Waals surface area contributed by atoms with E-state index in [1.54, 1.807) is 19.1 Å². The van der Waals surface area contributed by atoms with Gasteiger partial charge in [-0.3, -0.25) is 4.79 Å². The number of hydrogen-bond acceptors (Lipinski definition) is 6. The van der Waals surface area contributed by atoms with Crippen molar-refractivity contribution in [2.75, 3.05) is 6.61 Å². The molecule has 0 amide bonds. The first-order valence-corrected chi connectivity index (χ1v) is 16.7. The number of fused-ring (bicyclic) bond motifs is 8. The monoisotopic (exact) mass is 578 g/mol. The van der Waals surface area contributed by atoms with Crippen LogP contribution in [0.5, 0.6) is 11.5 Å². The van der Waals surface area contributed by atoms with Crippen LogP contribution in [0.4, 0.5) is 0 Å². The molecule has 12 atom stereocenters. The van der Waals surface area contributed by atoms with Gasteiger partial charge in [-0.2, -0.15) is 0 Å². The Morgan fingerprint density at radius 2 is 1.88 bits per heavy atom. The van der Waals surface area contributed by atoms with Crippen molar-refractivity contribution in [2.24, 2.45) is 52.3 Å². The third kappa shape index (κ3) is 4.13. The summed E-state index contributed by atoms with van der Waals surface area (Å²) < 4.78 is 19.8. The van der Waals surface area contributed by atoms with E-state index in [2.05, 4.69) is 33.8 Å². The zero-order chi connectivity index (χ0) is 29.6. The molecule has 2 heterocycles. The van der Waals surface area contributed by atoms with Crippen LogP contribution in [0.1, 0.15) is 98.0 Å². The molecule has 0 radical (unpaired) electrons. The molecule has 6 nitrogen and oxygen atoms in total. The molecule has 4 aliphatic carbocycles. The average Bonchev–Trinajstić information content (AvgIpc) is 3.39. The van der Waals surface area contributed by atoms with Crippen LogP contribution in [0.15, 0.2) is 23.8 Å². The van der Waals surface area contributed by atoms with Crippen molar-refractivity contribution in [2.45, 2.75) is 110 Å². The van der Waals surface area contributed by atoms with Gasteiger partial charge >= 0.3 is 5.97 Å². The van der Waals surface area contributed by atoms with Gasteiger partial charge in [0.05, 0.1) is 6.10 Å². The fourth-order valence-corrected chi connectivity index (χ4v) is 11.6. The van der Waals surface area contributed by atoms with Crippen LogP contribution in [0, 0.1) is 52.3 Å². The van der Waals surface area contributed by atoms with Crippen molar-refractivity contribution in [3.63, 3.8) is 0 Å². The number of phenols is 1. The number of carbonyl (C=O) groups is 1. The summed E-state index contributed by atoms with van der Waals surface area (Å²) in [5.41, 5.74) is 2.52. The number of aromatic hydroxyl groups is 1. The summed E-state index contributed by atoms with van der Waals surface area (Å²) in [6.45, 7) is 11.2. The normalized spacial score (nSPS) is 45.9. The second kappa shape index (κ2) is 9.99. The summed E-state index contributed by atoms with van der Waals surface area (Å²) in [7, 11) is 0. The number of aliphatic hydroxyl groups is 1. The van der Waals surface area contributed by atoms with Gasteiger partial charge in [0.15, 0.2) is 0 Å². The highest BCUT2D eigenvalue weighted by atomic mass is 16.7. The molecule has 7 rings (SSSR count). The molecular weight excluding hydrogens is 528 g/mol. The molecule has 42 heavy (non-hydrogen) atoms. The van der Waals surface area contributed by atoms with Crippen molar-refractivity contribution in [1.82, 2.24) is 0 Å². The molecule has 1 saturated heterocycles. The van der Waals surface area contributed by atoms with E-state index >= 15 is 0 Å². The molecule has 1 aromatic carbocycles. The van der Waals surface area contributed by atoms with Gasteiger partial charge in [0.2, 0.25) is 5.79 Å². The summed E-state index contributed by atoms with van der Waals surface area (Å²) in [6.07, 6.45) is 12.5. The molecule has 4 saturated carbocycles. The molecule has 0 bridgehead atoms. The lowest BCUT2D eigenvalue weighted by atomic mass is 9.44. The van der Waals surface area contributed by atoms with Gasteiger partial charge in [-0.15, -0.1) is 0 Å². The van der Waals surface area contributed by atoms with E-state index in [0.717, 1.165) is 48.0 Å². The second-order valence-electron chi connectivity index (χ2n) is 15.6. The minimum absolute atomic E-state index is 0.0949. The first kappa shape index (κ1) is 28.7. The average molecular weight is 579 g/mol. The first-order valence-electron chi connectivity index (χ1n) is 16.7. The zero-order valence-corrected chi connectivity index (χ0v) is 26.1. The smallest absolute Gasteiger partial charge is 0.302 e. The minimum Gasteiger partial charge on any atom is -0.508 e. The molecule has 2 N–H and O–H groups in total. The predicted octanol–water partition coefficient (Wildman–Crippen LogP) is 7.12. The van der Waals surface area contributed by atoms with E-state index in [9.17, 15) is 15.0 Å². The maximum absolute atomic E-state index is 11.7. The number of aliphatic hydroxyl groups excluding tert-OH is 1. The highest BCUT2D eigenvalue weighted by Crippen LogP contribution is 2.71. The van der Waals surface area contributed by atoms with Gasteiger partial charge in [-0.05, 0) is 122 Å². The van der Waals surface area contributed by atoms with Crippen LogP contribution in [0.25, 0.3) is 6.08 Å². The second-order valence-corrected chi connectivity index (χ2v) is 15.6. The maximum atomic E-state index is 11.7. The summed E-state index contributed by atoms with van der Waals surface area (Å²) in [6, 6.07) is 5.32. The Kier molecular flexibility index (Phi) is 6.82. The van der Waals surface area contributed by atoms with E-state index in [1.807, 2.05) is 6.07 Å². The van der Waals surface area contributed by atoms with Crippen molar-refractivity contribution >= 4 is 12.0 Å². The van der Waals surface area contributed by atoms with Gasteiger partial charge in [-0.1, -0.05) is 27.7 Å². The standard InChI is InChI=1S/C36H50O6/c1-20(19-37)14-25-15-23-16-26(39)7-9-31(23)41-36(25)21(2)33-32(42-36)18-30-28-8-6-24-17-27(40-22(3)38)10-12-34(24,4)29(28)11-13-35(30,33)5/h7,9,15-16,20-21,24,27-30,32-33,37,39H,6,8,10-14,17-19H2,1-5H3/t20-,21-,24-,27-,28+,29-,30-,32-,33-,34-,35-,36+/m0/s1. The molecule has 6 heteroatoms. The molecule has 230 valence electrons. The van der Waals surface area contributed by atoms with Crippen LogP contribution in [-0.4, -0.2) is 40.8 Å². The van der Waals surface area contributed by atoms with E-state index in [1.165, 1.54) is 32.1 Å². The molecule has 1 spiro atoms. The number of hydrogen-bond donors (Lipinski definition) is 2. The van der Waals surface area contributed by atoms with Crippen LogP contribution in [0.3, 0.4) is 0 Å². The zero-order valence-electron chi connectivity index (χ0n) is 26.1. The molecule has 0 unspecified atom stereocenters. The van der Waals surface area contributed by atoms with Crippen LogP contribution in [0.2, 0.25) is 0 Å². The van der Waals surface area contributed by atoms with Crippen LogP contribution in [-0.2, 0) is 14.3 Å². The van der Waals surface area contributed by atoms with Crippen LogP contribution < -0.4 is 4.74 Å². The van der Waals surface area contributed by atoms with E-state index in [4.69, 9.17) is 14.2 Å². The Morgan fingerprint density at radius 1 is 1.10 bits per heavy atom. The van der Waals surface area contributed by atoms with Crippen molar-refractivity contribution in [3.05, 3.63) is 29.3 Å². The molecular formula is C36H50O6. The van der Waals surface area contributed by atoms with Gasteiger partial charge in [0.25, 0.3) is 0 Å².